The molecule has 0 aromatic carbocycles. The Kier molecular flexibility index (Phi) is 4.11. The lowest BCUT2D eigenvalue weighted by molar-refractivity contribution is -0.149. The minimum Gasteiger partial charge on any atom is -0.481 e. The maximum Gasteiger partial charge on any atom is 0.314 e. The largest absolute Gasteiger partial charge is 0.481 e. The Labute approximate surface area is 84.5 Å². The van der Waals surface area contributed by atoms with Crippen molar-refractivity contribution in [3.63, 3.8) is 0 Å². The summed E-state index contributed by atoms with van der Waals surface area (Å²) in [6, 6.07) is 0. The third-order valence-corrected chi connectivity index (χ3v) is 3.08. The highest BCUT2D eigenvalue weighted by molar-refractivity contribution is 5.98. The minimum atomic E-state index is -0.927. The molecular weight excluding hydrogens is 180 g/mol. The van der Waals surface area contributed by atoms with Crippen molar-refractivity contribution < 1.29 is 14.7 Å². The number of ketones is 1. The molecule has 0 aromatic rings. The van der Waals surface area contributed by atoms with E-state index in [1.165, 1.54) is 6.42 Å². The molecule has 0 aromatic heterocycles. The first-order valence-electron chi connectivity index (χ1n) is 5.42. The highest BCUT2D eigenvalue weighted by atomic mass is 16.4. The first kappa shape index (κ1) is 11.2. The molecule has 0 saturated heterocycles. The number of carboxylic acids is 1. The molecule has 0 aliphatic heterocycles. The fourth-order valence-electron chi connectivity index (χ4n) is 2.29. The minimum absolute atomic E-state index is 0.0914. The van der Waals surface area contributed by atoms with Gasteiger partial charge in [-0.25, -0.2) is 0 Å². The van der Waals surface area contributed by atoms with E-state index in [1.807, 2.05) is 0 Å². The van der Waals surface area contributed by atoms with Gasteiger partial charge in [0, 0.05) is 6.42 Å². The summed E-state index contributed by atoms with van der Waals surface area (Å²) < 4.78 is 0. The van der Waals surface area contributed by atoms with E-state index in [0.29, 0.717) is 6.42 Å². The van der Waals surface area contributed by atoms with Crippen molar-refractivity contribution in [2.75, 3.05) is 0 Å². The molecular formula is C11H18O3. The molecule has 1 aliphatic rings. The number of hydrogen-bond donors (Lipinski definition) is 1. The molecule has 1 atom stereocenters. The van der Waals surface area contributed by atoms with Gasteiger partial charge in [-0.1, -0.05) is 26.2 Å². The number of hydrogen-bond acceptors (Lipinski definition) is 2. The summed E-state index contributed by atoms with van der Waals surface area (Å²) in [6.45, 7) is 1.74. The van der Waals surface area contributed by atoms with Crippen LogP contribution in [0.25, 0.3) is 0 Å². The van der Waals surface area contributed by atoms with Crippen molar-refractivity contribution in [2.24, 2.45) is 11.8 Å². The predicted octanol–water partition coefficient (Wildman–Crippen LogP) is 2.25. The fourth-order valence-corrected chi connectivity index (χ4v) is 2.29. The normalized spacial score (nSPS) is 20.4. The lowest BCUT2D eigenvalue weighted by atomic mass is 9.77. The van der Waals surface area contributed by atoms with E-state index in [9.17, 15) is 9.59 Å². The quantitative estimate of drug-likeness (QED) is 0.705. The van der Waals surface area contributed by atoms with Crippen LogP contribution in [0.1, 0.15) is 45.4 Å². The lowest BCUT2D eigenvalue weighted by Crippen LogP contribution is -2.32. The number of carboxylic acid groups (broad SMARTS) is 1. The smallest absolute Gasteiger partial charge is 0.314 e. The Morgan fingerprint density at radius 3 is 2.29 bits per heavy atom. The molecule has 0 spiro atoms. The summed E-state index contributed by atoms with van der Waals surface area (Å²) in [5, 5.41) is 9.01. The molecule has 1 N–H and O–H groups in total. The Balaban J connectivity index is 2.65. The number of aliphatic carboxylic acids is 1. The van der Waals surface area contributed by atoms with Crippen LogP contribution in [0.5, 0.6) is 0 Å². The van der Waals surface area contributed by atoms with E-state index in [4.69, 9.17) is 5.11 Å². The first-order chi connectivity index (χ1) is 6.66. The molecule has 3 nitrogen and oxygen atoms in total. The van der Waals surface area contributed by atoms with E-state index in [2.05, 4.69) is 0 Å². The first-order valence-corrected chi connectivity index (χ1v) is 5.42. The predicted molar refractivity (Wildman–Crippen MR) is 53.0 cm³/mol. The van der Waals surface area contributed by atoms with Crippen molar-refractivity contribution in [3.8, 4) is 0 Å². The van der Waals surface area contributed by atoms with Gasteiger partial charge in [0.05, 0.1) is 0 Å². The molecule has 1 aliphatic carbocycles. The van der Waals surface area contributed by atoms with Crippen LogP contribution in [0, 0.1) is 11.8 Å². The SMILES string of the molecule is CCC(=O)C(C(=O)O)C1CCCCC1. The summed E-state index contributed by atoms with van der Waals surface area (Å²) >= 11 is 0. The van der Waals surface area contributed by atoms with Crippen LogP contribution in [0.15, 0.2) is 0 Å². The maximum absolute atomic E-state index is 11.5. The van der Waals surface area contributed by atoms with Crippen LogP contribution in [0.4, 0.5) is 0 Å². The summed E-state index contributed by atoms with van der Waals surface area (Å²) in [5.41, 5.74) is 0. The van der Waals surface area contributed by atoms with Gasteiger partial charge < -0.3 is 5.11 Å². The molecule has 1 saturated carbocycles. The van der Waals surface area contributed by atoms with Gasteiger partial charge in [-0.05, 0) is 18.8 Å². The highest BCUT2D eigenvalue weighted by Gasteiger charge is 2.33. The van der Waals surface area contributed by atoms with E-state index >= 15 is 0 Å². The Bertz CT molecular complexity index is 217. The molecule has 3 heteroatoms. The fraction of sp³-hybridized carbons (Fsp3) is 0.818. The van der Waals surface area contributed by atoms with Crippen LogP contribution in [0.2, 0.25) is 0 Å². The van der Waals surface area contributed by atoms with Crippen LogP contribution in [0.3, 0.4) is 0 Å². The summed E-state index contributed by atoms with van der Waals surface area (Å²) in [4.78, 5) is 22.5. The van der Waals surface area contributed by atoms with Gasteiger partial charge in [0.1, 0.15) is 11.7 Å². The average Bonchev–Trinajstić information content (AvgIpc) is 2.19. The van der Waals surface area contributed by atoms with Crippen molar-refractivity contribution in [3.05, 3.63) is 0 Å². The van der Waals surface area contributed by atoms with Gasteiger partial charge >= 0.3 is 5.97 Å². The van der Waals surface area contributed by atoms with Crippen LogP contribution >= 0.6 is 0 Å². The second-order valence-corrected chi connectivity index (χ2v) is 4.03. The lowest BCUT2D eigenvalue weighted by Gasteiger charge is -2.26. The number of Topliss-reactive ketones (excluding diaryl/α,β-unsaturated/α-hetero) is 1. The molecule has 0 bridgehead atoms. The summed E-state index contributed by atoms with van der Waals surface area (Å²) in [6.07, 6.45) is 5.49. The zero-order valence-corrected chi connectivity index (χ0v) is 8.66. The molecule has 80 valence electrons. The molecule has 1 unspecified atom stereocenters. The summed E-state index contributed by atoms with van der Waals surface area (Å²) in [5.74, 6) is -1.68. The third-order valence-electron chi connectivity index (χ3n) is 3.08. The van der Waals surface area contributed by atoms with Crippen LogP contribution in [-0.4, -0.2) is 16.9 Å². The van der Waals surface area contributed by atoms with E-state index in [-0.39, 0.29) is 11.7 Å². The Hall–Kier alpha value is -0.860. The van der Waals surface area contributed by atoms with Crippen molar-refractivity contribution >= 4 is 11.8 Å². The molecule has 1 rings (SSSR count). The molecule has 14 heavy (non-hydrogen) atoms. The molecule has 0 heterocycles. The van der Waals surface area contributed by atoms with Gasteiger partial charge in [0.25, 0.3) is 0 Å². The zero-order chi connectivity index (χ0) is 10.6. The van der Waals surface area contributed by atoms with Crippen molar-refractivity contribution in [1.82, 2.24) is 0 Å². The maximum atomic E-state index is 11.5. The van der Waals surface area contributed by atoms with Crippen LogP contribution < -0.4 is 0 Å². The highest BCUT2D eigenvalue weighted by Crippen LogP contribution is 2.31. The van der Waals surface area contributed by atoms with Crippen molar-refractivity contribution in [2.45, 2.75) is 45.4 Å². The summed E-state index contributed by atoms with van der Waals surface area (Å²) in [7, 11) is 0. The zero-order valence-electron chi connectivity index (χ0n) is 8.66. The average molecular weight is 198 g/mol. The van der Waals surface area contributed by atoms with Crippen LogP contribution in [-0.2, 0) is 9.59 Å². The third kappa shape index (κ3) is 2.56. The molecule has 0 radical (unpaired) electrons. The topological polar surface area (TPSA) is 54.4 Å². The molecule has 0 amide bonds. The van der Waals surface area contributed by atoms with E-state index in [1.54, 1.807) is 6.92 Å². The van der Waals surface area contributed by atoms with Crippen molar-refractivity contribution in [1.29, 1.82) is 0 Å². The van der Waals surface area contributed by atoms with E-state index < -0.39 is 11.9 Å². The second kappa shape index (κ2) is 5.13. The number of carbonyl (C=O) groups excluding carboxylic acids is 1. The number of rotatable bonds is 4. The van der Waals surface area contributed by atoms with Gasteiger partial charge in [-0.3, -0.25) is 9.59 Å². The standard InChI is InChI=1S/C11H18O3/c1-2-9(12)10(11(13)14)8-6-4-3-5-7-8/h8,10H,2-7H2,1H3,(H,13,14). The van der Waals surface area contributed by atoms with Gasteiger partial charge in [0.2, 0.25) is 0 Å². The molecule has 1 fully saturated rings. The van der Waals surface area contributed by atoms with Gasteiger partial charge in [-0.15, -0.1) is 0 Å². The van der Waals surface area contributed by atoms with E-state index in [0.717, 1.165) is 25.7 Å². The second-order valence-electron chi connectivity index (χ2n) is 4.03. The Morgan fingerprint density at radius 2 is 1.86 bits per heavy atom. The van der Waals surface area contributed by atoms with Gasteiger partial charge in [0.15, 0.2) is 0 Å². The van der Waals surface area contributed by atoms with Gasteiger partial charge in [-0.2, -0.15) is 0 Å². The number of carbonyl (C=O) groups is 2. The Morgan fingerprint density at radius 1 is 1.29 bits per heavy atom. The monoisotopic (exact) mass is 198 g/mol.